The van der Waals surface area contributed by atoms with Crippen molar-refractivity contribution in [2.75, 3.05) is 6.54 Å². The van der Waals surface area contributed by atoms with Gasteiger partial charge in [0.2, 0.25) is 5.95 Å². The van der Waals surface area contributed by atoms with Crippen LogP contribution in [0.25, 0.3) is 0 Å². The molecule has 18 heavy (non-hydrogen) atoms. The molecule has 0 aliphatic rings. The monoisotopic (exact) mass is 266 g/mol. The minimum atomic E-state index is -0.758. The second kappa shape index (κ2) is 5.70. The molecular weight excluding hydrogens is 255 g/mol. The summed E-state index contributed by atoms with van der Waals surface area (Å²) < 4.78 is 12.8. The molecule has 0 radical (unpaired) electrons. The number of amides is 1. The average molecular weight is 266 g/mol. The quantitative estimate of drug-likeness (QED) is 0.829. The standard InChI is InChI=1S/C12H11FN2O2S/c13-11-5-8(1-3-14-11)12(17)15-6-10(16)9-2-4-18-7-9/h1-5,7,10,16H,6H2,(H,15,17). The van der Waals surface area contributed by atoms with Gasteiger partial charge in [0.1, 0.15) is 0 Å². The number of aliphatic hydroxyl groups excluding tert-OH is 1. The lowest BCUT2D eigenvalue weighted by Crippen LogP contribution is -2.28. The fourth-order valence-electron chi connectivity index (χ4n) is 1.42. The normalized spacial score (nSPS) is 12.1. The Labute approximate surface area is 107 Å². The Bertz CT molecular complexity index is 531. The highest BCUT2D eigenvalue weighted by molar-refractivity contribution is 7.07. The number of nitrogens with zero attached hydrogens (tertiary/aromatic N) is 1. The van der Waals surface area contributed by atoms with E-state index in [0.717, 1.165) is 11.6 Å². The first kappa shape index (κ1) is 12.7. The number of carbonyl (C=O) groups is 1. The summed E-state index contributed by atoms with van der Waals surface area (Å²) >= 11 is 1.47. The molecule has 0 saturated carbocycles. The van der Waals surface area contributed by atoms with Gasteiger partial charge in [0.15, 0.2) is 0 Å². The van der Waals surface area contributed by atoms with Crippen LogP contribution in [0.2, 0.25) is 0 Å². The van der Waals surface area contributed by atoms with Crippen LogP contribution < -0.4 is 5.32 Å². The van der Waals surface area contributed by atoms with Crippen LogP contribution in [0.3, 0.4) is 0 Å². The van der Waals surface area contributed by atoms with Gasteiger partial charge in [-0.25, -0.2) is 4.98 Å². The number of aliphatic hydroxyl groups is 1. The highest BCUT2D eigenvalue weighted by atomic mass is 32.1. The van der Waals surface area contributed by atoms with Gasteiger partial charge in [-0.15, -0.1) is 0 Å². The summed E-state index contributed by atoms with van der Waals surface area (Å²) in [6.07, 6.45) is 0.464. The molecule has 0 bridgehead atoms. The topological polar surface area (TPSA) is 62.2 Å². The number of rotatable bonds is 4. The van der Waals surface area contributed by atoms with Crippen LogP contribution in [0.1, 0.15) is 22.0 Å². The largest absolute Gasteiger partial charge is 0.387 e. The van der Waals surface area contributed by atoms with Crippen LogP contribution >= 0.6 is 11.3 Å². The number of hydrogen-bond donors (Lipinski definition) is 2. The number of aromatic nitrogens is 1. The van der Waals surface area contributed by atoms with E-state index in [0.29, 0.717) is 0 Å². The van der Waals surface area contributed by atoms with Gasteiger partial charge in [0.05, 0.1) is 6.10 Å². The number of pyridine rings is 1. The van der Waals surface area contributed by atoms with Crippen molar-refractivity contribution in [3.8, 4) is 0 Å². The minimum Gasteiger partial charge on any atom is -0.387 e. The Balaban J connectivity index is 1.92. The third-order valence-corrected chi connectivity index (χ3v) is 3.07. The van der Waals surface area contributed by atoms with Gasteiger partial charge < -0.3 is 10.4 Å². The summed E-state index contributed by atoms with van der Waals surface area (Å²) in [5, 5.41) is 16.0. The first-order valence-corrected chi connectivity index (χ1v) is 6.21. The minimum absolute atomic E-state index is 0.0828. The summed E-state index contributed by atoms with van der Waals surface area (Å²) in [7, 11) is 0. The summed E-state index contributed by atoms with van der Waals surface area (Å²) in [5.74, 6) is -1.15. The predicted octanol–water partition coefficient (Wildman–Crippen LogP) is 1.75. The van der Waals surface area contributed by atoms with Crippen LogP contribution in [-0.2, 0) is 0 Å². The fourth-order valence-corrected chi connectivity index (χ4v) is 2.12. The zero-order valence-electron chi connectivity index (χ0n) is 9.34. The number of carbonyl (C=O) groups excluding carboxylic acids is 1. The van der Waals surface area contributed by atoms with Crippen molar-refractivity contribution < 1.29 is 14.3 Å². The molecule has 2 heterocycles. The van der Waals surface area contributed by atoms with Crippen molar-refractivity contribution >= 4 is 17.2 Å². The highest BCUT2D eigenvalue weighted by Crippen LogP contribution is 2.15. The van der Waals surface area contributed by atoms with E-state index in [1.54, 1.807) is 6.07 Å². The van der Waals surface area contributed by atoms with E-state index < -0.39 is 18.0 Å². The fraction of sp³-hybridized carbons (Fsp3) is 0.167. The van der Waals surface area contributed by atoms with E-state index in [-0.39, 0.29) is 12.1 Å². The van der Waals surface area contributed by atoms with Crippen LogP contribution in [0, 0.1) is 5.95 Å². The maximum atomic E-state index is 12.8. The van der Waals surface area contributed by atoms with Gasteiger partial charge in [-0.05, 0) is 28.5 Å². The molecular formula is C12H11FN2O2S. The zero-order chi connectivity index (χ0) is 13.0. The van der Waals surface area contributed by atoms with Crippen molar-refractivity contribution in [1.29, 1.82) is 0 Å². The van der Waals surface area contributed by atoms with Gasteiger partial charge in [-0.1, -0.05) is 0 Å². The van der Waals surface area contributed by atoms with Crippen molar-refractivity contribution in [3.05, 3.63) is 52.2 Å². The lowest BCUT2D eigenvalue weighted by Gasteiger charge is -2.10. The van der Waals surface area contributed by atoms with Crippen molar-refractivity contribution in [2.45, 2.75) is 6.10 Å². The van der Waals surface area contributed by atoms with Gasteiger partial charge in [-0.2, -0.15) is 15.7 Å². The molecule has 2 aromatic rings. The lowest BCUT2D eigenvalue weighted by atomic mass is 10.2. The molecule has 0 saturated heterocycles. The summed E-state index contributed by atoms with van der Waals surface area (Å²) in [6.45, 7) is 0.0828. The third-order valence-electron chi connectivity index (χ3n) is 2.37. The molecule has 0 aliphatic heterocycles. The van der Waals surface area contributed by atoms with Crippen molar-refractivity contribution in [2.24, 2.45) is 0 Å². The van der Waals surface area contributed by atoms with E-state index in [2.05, 4.69) is 10.3 Å². The molecule has 0 fully saturated rings. The first-order valence-electron chi connectivity index (χ1n) is 5.27. The SMILES string of the molecule is O=C(NCC(O)c1ccsc1)c1ccnc(F)c1. The molecule has 1 unspecified atom stereocenters. The van der Waals surface area contributed by atoms with Crippen LogP contribution in [0.4, 0.5) is 4.39 Å². The van der Waals surface area contributed by atoms with Crippen molar-refractivity contribution in [3.63, 3.8) is 0 Å². The van der Waals surface area contributed by atoms with Crippen LogP contribution in [0.5, 0.6) is 0 Å². The average Bonchev–Trinajstić information content (AvgIpc) is 2.89. The van der Waals surface area contributed by atoms with E-state index in [1.807, 2.05) is 10.8 Å². The second-order valence-electron chi connectivity index (χ2n) is 3.65. The molecule has 2 aromatic heterocycles. The van der Waals surface area contributed by atoms with Crippen LogP contribution in [-0.4, -0.2) is 22.5 Å². The summed E-state index contributed by atoms with van der Waals surface area (Å²) in [5.41, 5.74) is 0.932. The molecule has 2 N–H and O–H groups in total. The molecule has 1 amide bonds. The van der Waals surface area contributed by atoms with E-state index in [9.17, 15) is 14.3 Å². The Morgan fingerprint density at radius 3 is 3.06 bits per heavy atom. The molecule has 2 rings (SSSR count). The maximum absolute atomic E-state index is 12.8. The molecule has 0 spiro atoms. The highest BCUT2D eigenvalue weighted by Gasteiger charge is 2.11. The van der Waals surface area contributed by atoms with Crippen molar-refractivity contribution in [1.82, 2.24) is 10.3 Å². The lowest BCUT2D eigenvalue weighted by molar-refractivity contribution is 0.0916. The molecule has 94 valence electrons. The molecule has 4 nitrogen and oxygen atoms in total. The Morgan fingerprint density at radius 2 is 2.39 bits per heavy atom. The smallest absolute Gasteiger partial charge is 0.251 e. The van der Waals surface area contributed by atoms with Gasteiger partial charge in [0.25, 0.3) is 5.91 Å². The third kappa shape index (κ3) is 3.12. The maximum Gasteiger partial charge on any atom is 0.251 e. The van der Waals surface area contributed by atoms with Gasteiger partial charge in [0, 0.05) is 24.4 Å². The number of hydrogen-bond acceptors (Lipinski definition) is 4. The van der Waals surface area contributed by atoms with Crippen LogP contribution in [0.15, 0.2) is 35.2 Å². The molecule has 0 aromatic carbocycles. The molecule has 6 heteroatoms. The summed E-state index contributed by atoms with van der Waals surface area (Å²) in [6, 6.07) is 4.25. The Morgan fingerprint density at radius 1 is 1.56 bits per heavy atom. The Hall–Kier alpha value is -1.79. The number of thiophene rings is 1. The molecule has 0 aliphatic carbocycles. The second-order valence-corrected chi connectivity index (χ2v) is 4.43. The van der Waals surface area contributed by atoms with E-state index >= 15 is 0 Å². The Kier molecular flexibility index (Phi) is 4.01. The van der Waals surface area contributed by atoms with E-state index in [4.69, 9.17) is 0 Å². The van der Waals surface area contributed by atoms with E-state index in [1.165, 1.54) is 23.6 Å². The first-order chi connectivity index (χ1) is 8.66. The number of nitrogens with one attached hydrogen (secondary N) is 1. The zero-order valence-corrected chi connectivity index (χ0v) is 10.2. The van der Waals surface area contributed by atoms with Gasteiger partial charge >= 0.3 is 0 Å². The number of halogens is 1. The summed E-state index contributed by atoms with van der Waals surface area (Å²) in [4.78, 5) is 15.0. The molecule has 1 atom stereocenters. The van der Waals surface area contributed by atoms with Gasteiger partial charge in [-0.3, -0.25) is 4.79 Å². The predicted molar refractivity (Wildman–Crippen MR) is 65.8 cm³/mol.